The third kappa shape index (κ3) is 3.45. The summed E-state index contributed by atoms with van der Waals surface area (Å²) in [5.74, 6) is 1.18. The van der Waals surface area contributed by atoms with E-state index in [4.69, 9.17) is 4.52 Å². The molecule has 6 heteroatoms. The van der Waals surface area contributed by atoms with E-state index in [1.807, 2.05) is 24.3 Å². The maximum Gasteiger partial charge on any atom is 0.226 e. The van der Waals surface area contributed by atoms with Gasteiger partial charge in [-0.1, -0.05) is 31.1 Å². The predicted octanol–water partition coefficient (Wildman–Crippen LogP) is 2.82. The van der Waals surface area contributed by atoms with Crippen LogP contribution in [0.5, 0.6) is 0 Å². The van der Waals surface area contributed by atoms with E-state index in [9.17, 15) is 9.59 Å². The van der Waals surface area contributed by atoms with Gasteiger partial charge in [0.25, 0.3) is 0 Å². The Bertz CT molecular complexity index is 846. The zero-order valence-corrected chi connectivity index (χ0v) is 15.9. The monoisotopic (exact) mass is 369 g/mol. The minimum Gasteiger partial charge on any atom is -0.356 e. The molecule has 1 aliphatic heterocycles. The molecule has 2 fully saturated rings. The van der Waals surface area contributed by atoms with Crippen molar-refractivity contribution in [1.29, 1.82) is 0 Å². The maximum absolute atomic E-state index is 12.5. The summed E-state index contributed by atoms with van der Waals surface area (Å²) >= 11 is 0. The first-order chi connectivity index (χ1) is 13.1. The van der Waals surface area contributed by atoms with Gasteiger partial charge < -0.3 is 15.2 Å². The van der Waals surface area contributed by atoms with Crippen LogP contribution < -0.4 is 10.6 Å². The molecule has 1 aromatic carbocycles. The number of carbonyl (C=O) groups is 2. The molecule has 0 spiro atoms. The van der Waals surface area contributed by atoms with Gasteiger partial charge in [0.15, 0.2) is 5.58 Å². The van der Waals surface area contributed by atoms with Crippen LogP contribution in [0.15, 0.2) is 28.8 Å². The minimum atomic E-state index is -0.0425. The summed E-state index contributed by atoms with van der Waals surface area (Å²) in [6.07, 6.45) is 3.91. The number of nitrogens with one attached hydrogen (secondary N) is 2. The van der Waals surface area contributed by atoms with Gasteiger partial charge in [-0.2, -0.15) is 0 Å². The molecule has 5 atom stereocenters. The van der Waals surface area contributed by atoms with Gasteiger partial charge in [-0.15, -0.1) is 0 Å². The van der Waals surface area contributed by atoms with Gasteiger partial charge in [0, 0.05) is 23.4 Å². The first-order valence-electron chi connectivity index (χ1n) is 9.99. The van der Waals surface area contributed by atoms with Crippen molar-refractivity contribution in [1.82, 2.24) is 15.8 Å². The number of rotatable bonds is 4. The lowest BCUT2D eigenvalue weighted by Crippen LogP contribution is -2.58. The summed E-state index contributed by atoms with van der Waals surface area (Å²) in [7, 11) is 0. The molecular formula is C21H27N3O3. The highest BCUT2D eigenvalue weighted by Gasteiger charge is 2.43. The van der Waals surface area contributed by atoms with Crippen molar-refractivity contribution in [2.45, 2.75) is 58.0 Å². The van der Waals surface area contributed by atoms with Gasteiger partial charge in [0.05, 0.1) is 6.42 Å². The molecule has 27 heavy (non-hydrogen) atoms. The lowest BCUT2D eigenvalue weighted by atomic mass is 9.67. The summed E-state index contributed by atoms with van der Waals surface area (Å²) in [5, 5.41) is 11.3. The molecule has 1 aliphatic carbocycles. The topological polar surface area (TPSA) is 84.2 Å². The summed E-state index contributed by atoms with van der Waals surface area (Å²) in [5.41, 5.74) is 1.37. The van der Waals surface area contributed by atoms with E-state index in [0.29, 0.717) is 23.1 Å². The number of aromatic nitrogens is 1. The Morgan fingerprint density at radius 1 is 1.33 bits per heavy atom. The summed E-state index contributed by atoms with van der Waals surface area (Å²) in [6.45, 7) is 4.29. The van der Waals surface area contributed by atoms with Crippen LogP contribution in [0.2, 0.25) is 0 Å². The number of piperidine rings is 1. The van der Waals surface area contributed by atoms with Crippen molar-refractivity contribution in [3.05, 3.63) is 30.0 Å². The Morgan fingerprint density at radius 2 is 2.15 bits per heavy atom. The molecule has 2 aliphatic rings. The van der Waals surface area contributed by atoms with Crippen molar-refractivity contribution in [3.63, 3.8) is 0 Å². The second-order valence-electron chi connectivity index (χ2n) is 8.03. The van der Waals surface area contributed by atoms with Gasteiger partial charge in [-0.25, -0.2) is 0 Å². The molecule has 1 aromatic heterocycles. The Labute approximate surface area is 159 Å². The zero-order valence-electron chi connectivity index (χ0n) is 15.9. The SMILES string of the molecule is CCC1C(=O)NC2CC(NC(=O)Cc3noc4ccccc34)CCC2C1C. The fraction of sp³-hybridized carbons (Fsp3) is 0.571. The Kier molecular flexibility index (Phi) is 4.89. The molecule has 4 rings (SSSR count). The van der Waals surface area contributed by atoms with Crippen LogP contribution in [0.25, 0.3) is 11.0 Å². The third-order valence-corrected chi connectivity index (χ3v) is 6.46. The largest absolute Gasteiger partial charge is 0.356 e. The van der Waals surface area contributed by atoms with E-state index >= 15 is 0 Å². The maximum atomic E-state index is 12.5. The quantitative estimate of drug-likeness (QED) is 0.868. The van der Waals surface area contributed by atoms with Crippen molar-refractivity contribution in [2.75, 3.05) is 0 Å². The number of carbonyl (C=O) groups excluding carboxylic acids is 2. The van der Waals surface area contributed by atoms with E-state index in [1.54, 1.807) is 0 Å². The van der Waals surface area contributed by atoms with Gasteiger partial charge in [-0.3, -0.25) is 9.59 Å². The van der Waals surface area contributed by atoms with Crippen LogP contribution in [0.4, 0.5) is 0 Å². The van der Waals surface area contributed by atoms with E-state index in [1.165, 1.54) is 0 Å². The Balaban J connectivity index is 1.37. The second-order valence-corrected chi connectivity index (χ2v) is 8.03. The number of hydrogen-bond donors (Lipinski definition) is 2. The number of para-hydroxylation sites is 1. The number of nitrogens with zero attached hydrogens (tertiary/aromatic N) is 1. The predicted molar refractivity (Wildman–Crippen MR) is 102 cm³/mol. The van der Waals surface area contributed by atoms with Crippen LogP contribution in [0, 0.1) is 17.8 Å². The number of hydrogen-bond acceptors (Lipinski definition) is 4. The van der Waals surface area contributed by atoms with Gasteiger partial charge in [0.2, 0.25) is 11.8 Å². The van der Waals surface area contributed by atoms with E-state index in [-0.39, 0.29) is 36.2 Å². The number of fused-ring (bicyclic) bond motifs is 2. The van der Waals surface area contributed by atoms with Gasteiger partial charge >= 0.3 is 0 Å². The van der Waals surface area contributed by atoms with Crippen LogP contribution in [0.3, 0.4) is 0 Å². The number of amides is 2. The Morgan fingerprint density at radius 3 is 2.96 bits per heavy atom. The van der Waals surface area contributed by atoms with Crippen molar-refractivity contribution >= 4 is 22.8 Å². The molecule has 0 bridgehead atoms. The lowest BCUT2D eigenvalue weighted by molar-refractivity contribution is -0.133. The highest BCUT2D eigenvalue weighted by Crippen LogP contribution is 2.38. The van der Waals surface area contributed by atoms with Crippen molar-refractivity contribution < 1.29 is 14.1 Å². The smallest absolute Gasteiger partial charge is 0.226 e. The molecule has 144 valence electrons. The molecule has 5 unspecified atom stereocenters. The first kappa shape index (κ1) is 18.0. The average molecular weight is 369 g/mol. The van der Waals surface area contributed by atoms with Crippen LogP contribution in [0.1, 0.15) is 45.2 Å². The Hall–Kier alpha value is -2.37. The van der Waals surface area contributed by atoms with Crippen LogP contribution in [-0.2, 0) is 16.0 Å². The fourth-order valence-electron chi connectivity index (χ4n) is 5.00. The van der Waals surface area contributed by atoms with E-state index < -0.39 is 0 Å². The molecule has 2 amide bonds. The minimum absolute atomic E-state index is 0.0425. The first-order valence-corrected chi connectivity index (χ1v) is 9.99. The summed E-state index contributed by atoms with van der Waals surface area (Å²) in [6, 6.07) is 7.84. The van der Waals surface area contributed by atoms with Crippen LogP contribution >= 0.6 is 0 Å². The standard InChI is InChI=1S/C21H27N3O3/c1-3-14-12(2)15-9-8-13(10-17(15)23-21(14)26)22-20(25)11-18-16-6-4-5-7-19(16)27-24-18/h4-7,12-15,17H,3,8-11H2,1-2H3,(H,22,25)(H,23,26). The highest BCUT2D eigenvalue weighted by molar-refractivity contribution is 5.86. The molecule has 2 heterocycles. The third-order valence-electron chi connectivity index (χ3n) is 6.46. The lowest BCUT2D eigenvalue weighted by Gasteiger charge is -2.46. The molecular weight excluding hydrogens is 342 g/mol. The zero-order chi connectivity index (χ0) is 19.0. The molecule has 1 saturated heterocycles. The van der Waals surface area contributed by atoms with Crippen molar-refractivity contribution in [3.8, 4) is 0 Å². The van der Waals surface area contributed by atoms with Crippen LogP contribution in [-0.4, -0.2) is 29.1 Å². The fourth-order valence-corrected chi connectivity index (χ4v) is 5.00. The van der Waals surface area contributed by atoms with Crippen molar-refractivity contribution in [2.24, 2.45) is 17.8 Å². The molecule has 2 aromatic rings. The van der Waals surface area contributed by atoms with E-state index in [0.717, 1.165) is 31.1 Å². The molecule has 0 radical (unpaired) electrons. The number of benzene rings is 1. The normalized spacial score (nSPS) is 30.6. The summed E-state index contributed by atoms with van der Waals surface area (Å²) < 4.78 is 5.28. The molecule has 2 N–H and O–H groups in total. The van der Waals surface area contributed by atoms with Gasteiger partial charge in [0.1, 0.15) is 5.69 Å². The highest BCUT2D eigenvalue weighted by atomic mass is 16.5. The second kappa shape index (κ2) is 7.33. The van der Waals surface area contributed by atoms with E-state index in [2.05, 4.69) is 29.6 Å². The van der Waals surface area contributed by atoms with Gasteiger partial charge in [-0.05, 0) is 49.7 Å². The average Bonchev–Trinajstić information content (AvgIpc) is 3.05. The summed E-state index contributed by atoms with van der Waals surface area (Å²) in [4.78, 5) is 24.9. The molecule has 6 nitrogen and oxygen atoms in total. The molecule has 1 saturated carbocycles.